The Balaban J connectivity index is 1.46. The van der Waals surface area contributed by atoms with Gasteiger partial charge in [-0.1, -0.05) is 25.0 Å². The van der Waals surface area contributed by atoms with Crippen LogP contribution in [-0.2, 0) is 0 Å². The molecule has 1 atom stereocenters. The standard InChI is InChI=1S/C23H26FNO2/c1-25(2)23(26)18-9-12-22(21(24)14-18)27-19-10-7-17(8-11-19)20-13-15-3-5-16(20)6-4-15/h7-12,14-16,20H,3-6,13H2,1-2H3. The van der Waals surface area contributed by atoms with Crippen LogP contribution in [0.4, 0.5) is 4.39 Å². The Morgan fingerprint density at radius 2 is 1.74 bits per heavy atom. The second kappa shape index (κ2) is 7.34. The number of nitrogens with zero attached hydrogens (tertiary/aromatic N) is 1. The number of benzene rings is 2. The molecule has 3 saturated carbocycles. The first-order valence-corrected chi connectivity index (χ1v) is 9.80. The first-order valence-electron chi connectivity index (χ1n) is 9.80. The van der Waals surface area contributed by atoms with Gasteiger partial charge in [0.05, 0.1) is 0 Å². The van der Waals surface area contributed by atoms with Crippen LogP contribution in [0.3, 0.4) is 0 Å². The molecule has 5 rings (SSSR count). The summed E-state index contributed by atoms with van der Waals surface area (Å²) in [5, 5.41) is 0. The van der Waals surface area contributed by atoms with Crippen LogP contribution in [0.2, 0.25) is 0 Å². The number of fused-ring (bicyclic) bond motifs is 3. The Hall–Kier alpha value is -2.36. The molecule has 0 aromatic heterocycles. The number of carbonyl (C=O) groups excluding carboxylic acids is 1. The van der Waals surface area contributed by atoms with Gasteiger partial charge in [-0.05, 0) is 72.9 Å². The molecule has 0 heterocycles. The molecule has 27 heavy (non-hydrogen) atoms. The minimum absolute atomic E-state index is 0.134. The van der Waals surface area contributed by atoms with Gasteiger partial charge in [0.2, 0.25) is 0 Å². The van der Waals surface area contributed by atoms with Crippen molar-refractivity contribution in [2.45, 2.75) is 38.0 Å². The van der Waals surface area contributed by atoms with Crippen molar-refractivity contribution in [3.05, 3.63) is 59.4 Å². The zero-order valence-electron chi connectivity index (χ0n) is 16.0. The summed E-state index contributed by atoms with van der Waals surface area (Å²) in [5.74, 6) is 2.37. The minimum atomic E-state index is -0.531. The van der Waals surface area contributed by atoms with Gasteiger partial charge in [0, 0.05) is 19.7 Å². The number of hydrogen-bond donors (Lipinski definition) is 0. The summed E-state index contributed by atoms with van der Waals surface area (Å²) in [6, 6.07) is 12.4. The summed E-state index contributed by atoms with van der Waals surface area (Å²) in [5.41, 5.74) is 1.69. The molecule has 0 N–H and O–H groups in total. The molecule has 2 bridgehead atoms. The Morgan fingerprint density at radius 1 is 1.04 bits per heavy atom. The molecule has 0 spiro atoms. The summed E-state index contributed by atoms with van der Waals surface area (Å²) in [7, 11) is 3.29. The molecule has 3 aliphatic carbocycles. The van der Waals surface area contributed by atoms with Crippen molar-refractivity contribution in [3.8, 4) is 11.5 Å². The molecule has 0 radical (unpaired) electrons. The molecule has 3 nitrogen and oxygen atoms in total. The van der Waals surface area contributed by atoms with Crippen LogP contribution in [0.15, 0.2) is 42.5 Å². The molecule has 3 aliphatic rings. The average Bonchev–Trinajstić information content (AvgIpc) is 2.70. The third-order valence-corrected chi connectivity index (χ3v) is 6.17. The van der Waals surface area contributed by atoms with E-state index in [9.17, 15) is 9.18 Å². The van der Waals surface area contributed by atoms with Crippen LogP contribution < -0.4 is 4.74 Å². The van der Waals surface area contributed by atoms with Crippen LogP contribution >= 0.6 is 0 Å². The second-order valence-electron chi connectivity index (χ2n) is 8.14. The van der Waals surface area contributed by atoms with E-state index in [1.165, 1.54) is 54.7 Å². The molecule has 4 heteroatoms. The highest BCUT2D eigenvalue weighted by Gasteiger charge is 2.36. The van der Waals surface area contributed by atoms with Gasteiger partial charge >= 0.3 is 0 Å². The Bertz CT molecular complexity index is 823. The molecule has 142 valence electrons. The van der Waals surface area contributed by atoms with E-state index in [1.807, 2.05) is 12.1 Å². The van der Waals surface area contributed by atoms with Crippen LogP contribution in [0.5, 0.6) is 11.5 Å². The molecule has 1 amide bonds. The molecule has 2 aromatic rings. The predicted molar refractivity (Wildman–Crippen MR) is 104 cm³/mol. The monoisotopic (exact) mass is 367 g/mol. The van der Waals surface area contributed by atoms with E-state index in [4.69, 9.17) is 4.74 Å². The maximum Gasteiger partial charge on any atom is 0.253 e. The van der Waals surface area contributed by atoms with E-state index in [0.717, 1.165) is 11.8 Å². The van der Waals surface area contributed by atoms with Crippen molar-refractivity contribution in [1.82, 2.24) is 4.90 Å². The Kier molecular flexibility index (Phi) is 4.90. The third kappa shape index (κ3) is 3.71. The Morgan fingerprint density at radius 3 is 2.30 bits per heavy atom. The first kappa shape index (κ1) is 18.0. The van der Waals surface area contributed by atoms with E-state index in [-0.39, 0.29) is 11.7 Å². The van der Waals surface area contributed by atoms with E-state index in [1.54, 1.807) is 20.2 Å². The zero-order chi connectivity index (χ0) is 19.0. The summed E-state index contributed by atoms with van der Waals surface area (Å²) < 4.78 is 20.0. The number of ether oxygens (including phenoxy) is 1. The Labute approximate surface area is 160 Å². The van der Waals surface area contributed by atoms with Crippen LogP contribution in [0.1, 0.15) is 53.9 Å². The van der Waals surface area contributed by atoms with Gasteiger partial charge in [0.15, 0.2) is 11.6 Å². The van der Waals surface area contributed by atoms with Crippen molar-refractivity contribution < 1.29 is 13.9 Å². The molecular weight excluding hydrogens is 341 g/mol. The molecule has 1 unspecified atom stereocenters. The fraction of sp³-hybridized carbons (Fsp3) is 0.435. The molecule has 3 fully saturated rings. The van der Waals surface area contributed by atoms with Gasteiger partial charge in [-0.15, -0.1) is 0 Å². The third-order valence-electron chi connectivity index (χ3n) is 6.17. The normalized spacial score (nSPS) is 23.9. The van der Waals surface area contributed by atoms with Crippen molar-refractivity contribution in [1.29, 1.82) is 0 Å². The molecule has 0 aliphatic heterocycles. The predicted octanol–water partition coefficient (Wildman–Crippen LogP) is 5.61. The lowest BCUT2D eigenvalue weighted by Crippen LogP contribution is -2.29. The van der Waals surface area contributed by atoms with Gasteiger partial charge < -0.3 is 9.64 Å². The summed E-state index contributed by atoms with van der Waals surface area (Å²) in [4.78, 5) is 13.3. The van der Waals surface area contributed by atoms with Crippen molar-refractivity contribution in [2.75, 3.05) is 14.1 Å². The van der Waals surface area contributed by atoms with Crippen LogP contribution in [0, 0.1) is 17.7 Å². The highest BCUT2D eigenvalue weighted by atomic mass is 19.1. The van der Waals surface area contributed by atoms with Gasteiger partial charge in [-0.25, -0.2) is 4.39 Å². The van der Waals surface area contributed by atoms with Gasteiger partial charge in [0.25, 0.3) is 5.91 Å². The van der Waals surface area contributed by atoms with Crippen molar-refractivity contribution in [3.63, 3.8) is 0 Å². The highest BCUT2D eigenvalue weighted by molar-refractivity contribution is 5.94. The van der Waals surface area contributed by atoms with E-state index >= 15 is 0 Å². The quantitative estimate of drug-likeness (QED) is 0.702. The minimum Gasteiger partial charge on any atom is -0.454 e. The van der Waals surface area contributed by atoms with E-state index < -0.39 is 5.82 Å². The van der Waals surface area contributed by atoms with Crippen LogP contribution in [-0.4, -0.2) is 24.9 Å². The average molecular weight is 367 g/mol. The fourth-order valence-electron chi connectivity index (χ4n) is 4.67. The molecule has 0 saturated heterocycles. The lowest BCUT2D eigenvalue weighted by Gasteiger charge is -2.42. The zero-order valence-corrected chi connectivity index (χ0v) is 16.0. The molecule has 2 aromatic carbocycles. The largest absolute Gasteiger partial charge is 0.454 e. The number of carbonyl (C=O) groups is 1. The van der Waals surface area contributed by atoms with Gasteiger partial charge in [0.1, 0.15) is 5.75 Å². The fourth-order valence-corrected chi connectivity index (χ4v) is 4.67. The van der Waals surface area contributed by atoms with Gasteiger partial charge in [-0.2, -0.15) is 0 Å². The van der Waals surface area contributed by atoms with E-state index in [0.29, 0.717) is 17.2 Å². The SMILES string of the molecule is CN(C)C(=O)c1ccc(Oc2ccc(C3CC4CCC3CC4)cc2)c(F)c1. The summed E-state index contributed by atoms with van der Waals surface area (Å²) >= 11 is 0. The summed E-state index contributed by atoms with van der Waals surface area (Å²) in [6.07, 6.45) is 6.82. The molecular formula is C23H26FNO2. The topological polar surface area (TPSA) is 29.5 Å². The van der Waals surface area contributed by atoms with E-state index in [2.05, 4.69) is 12.1 Å². The summed E-state index contributed by atoms with van der Waals surface area (Å²) in [6.45, 7) is 0. The number of rotatable bonds is 4. The maximum atomic E-state index is 14.3. The second-order valence-corrected chi connectivity index (χ2v) is 8.14. The first-order chi connectivity index (χ1) is 13.0. The maximum absolute atomic E-state index is 14.3. The lowest BCUT2D eigenvalue weighted by atomic mass is 9.63. The number of hydrogen-bond acceptors (Lipinski definition) is 2. The van der Waals surface area contributed by atoms with Crippen molar-refractivity contribution in [2.24, 2.45) is 11.8 Å². The van der Waals surface area contributed by atoms with Crippen LogP contribution in [0.25, 0.3) is 0 Å². The number of halogens is 1. The lowest BCUT2D eigenvalue weighted by molar-refractivity contribution is 0.0827. The van der Waals surface area contributed by atoms with Gasteiger partial charge in [-0.3, -0.25) is 4.79 Å². The van der Waals surface area contributed by atoms with Crippen molar-refractivity contribution >= 4 is 5.91 Å². The number of amides is 1. The smallest absolute Gasteiger partial charge is 0.253 e. The highest BCUT2D eigenvalue weighted by Crippen LogP contribution is 2.49.